The summed E-state index contributed by atoms with van der Waals surface area (Å²) in [6, 6.07) is 13.7. The Morgan fingerprint density at radius 2 is 1.73 bits per heavy atom. The lowest BCUT2D eigenvalue weighted by Crippen LogP contribution is -2.31. The first-order chi connectivity index (χ1) is 10.5. The van der Waals surface area contributed by atoms with Crippen molar-refractivity contribution in [1.29, 1.82) is 0 Å². The van der Waals surface area contributed by atoms with Crippen LogP contribution in [0.4, 0.5) is 5.69 Å². The number of benzene rings is 2. The molecule has 0 radical (unpaired) electrons. The molecule has 0 heterocycles. The first-order valence-corrected chi connectivity index (χ1v) is 9.04. The van der Waals surface area contributed by atoms with Crippen molar-refractivity contribution in [2.24, 2.45) is 0 Å². The van der Waals surface area contributed by atoms with Gasteiger partial charge in [0.2, 0.25) is 0 Å². The maximum Gasteiger partial charge on any atom is 0.264 e. The summed E-state index contributed by atoms with van der Waals surface area (Å²) < 4.78 is 33.1. The van der Waals surface area contributed by atoms with Crippen LogP contribution in [0, 0.1) is 3.57 Å². The van der Waals surface area contributed by atoms with Crippen LogP contribution < -0.4 is 9.04 Å². The molecule has 0 saturated carbocycles. The van der Waals surface area contributed by atoms with Crippen molar-refractivity contribution < 1.29 is 13.2 Å². The molecule has 0 amide bonds. The van der Waals surface area contributed by atoms with E-state index in [0.717, 1.165) is 3.57 Å². The zero-order valence-corrected chi connectivity index (χ0v) is 15.0. The number of methoxy groups -OCH3 is 1. The van der Waals surface area contributed by atoms with Gasteiger partial charge < -0.3 is 4.74 Å². The highest BCUT2D eigenvalue weighted by atomic mass is 127. The van der Waals surface area contributed by atoms with Gasteiger partial charge in [-0.15, -0.1) is 6.58 Å². The Morgan fingerprint density at radius 3 is 2.23 bits per heavy atom. The molecule has 0 aromatic heterocycles. The van der Waals surface area contributed by atoms with Crippen LogP contribution in [0.5, 0.6) is 5.75 Å². The Labute approximate surface area is 144 Å². The number of sulfonamides is 1. The van der Waals surface area contributed by atoms with Crippen LogP contribution in [0.1, 0.15) is 0 Å². The van der Waals surface area contributed by atoms with E-state index in [0.29, 0.717) is 11.4 Å². The Morgan fingerprint density at radius 1 is 1.14 bits per heavy atom. The fourth-order valence-corrected chi connectivity index (χ4v) is 3.74. The molecule has 4 nitrogen and oxygen atoms in total. The first-order valence-electron chi connectivity index (χ1n) is 6.52. The third-order valence-electron chi connectivity index (χ3n) is 3.06. The third-order valence-corrected chi connectivity index (χ3v) is 5.58. The molecule has 0 aliphatic heterocycles. The molecule has 0 N–H and O–H groups in total. The number of hydrogen-bond donors (Lipinski definition) is 0. The lowest BCUT2D eigenvalue weighted by atomic mass is 10.3. The highest BCUT2D eigenvalue weighted by Gasteiger charge is 2.23. The molecule has 22 heavy (non-hydrogen) atoms. The van der Waals surface area contributed by atoms with Gasteiger partial charge in [-0.2, -0.15) is 0 Å². The van der Waals surface area contributed by atoms with Gasteiger partial charge in [-0.25, -0.2) is 8.42 Å². The molecule has 0 unspecified atom stereocenters. The fraction of sp³-hybridized carbons (Fsp3) is 0.125. The summed E-state index contributed by atoms with van der Waals surface area (Å²) in [5.74, 6) is 0.614. The second-order valence-corrected chi connectivity index (χ2v) is 7.58. The molecule has 0 aliphatic rings. The average Bonchev–Trinajstić information content (AvgIpc) is 2.53. The van der Waals surface area contributed by atoms with Gasteiger partial charge in [0.1, 0.15) is 5.75 Å². The normalized spacial score (nSPS) is 11.0. The summed E-state index contributed by atoms with van der Waals surface area (Å²) >= 11 is 2.18. The minimum absolute atomic E-state index is 0.203. The topological polar surface area (TPSA) is 46.6 Å². The van der Waals surface area contributed by atoms with Crippen molar-refractivity contribution in [3.63, 3.8) is 0 Å². The van der Waals surface area contributed by atoms with Gasteiger partial charge in [-0.05, 0) is 71.1 Å². The Hall–Kier alpha value is -1.54. The molecule has 6 heteroatoms. The maximum absolute atomic E-state index is 12.8. The summed E-state index contributed by atoms with van der Waals surface area (Å²) in [6.07, 6.45) is 1.57. The van der Waals surface area contributed by atoms with E-state index in [-0.39, 0.29) is 11.4 Å². The van der Waals surface area contributed by atoms with Crippen LogP contribution in [0.15, 0.2) is 66.1 Å². The van der Waals surface area contributed by atoms with Crippen molar-refractivity contribution >= 4 is 38.3 Å². The van der Waals surface area contributed by atoms with Gasteiger partial charge in [-0.3, -0.25) is 4.31 Å². The van der Waals surface area contributed by atoms with Gasteiger partial charge in [0, 0.05) is 3.57 Å². The summed E-state index contributed by atoms with van der Waals surface area (Å²) in [5, 5.41) is 0. The molecule has 0 spiro atoms. The van der Waals surface area contributed by atoms with Crippen LogP contribution in [0.2, 0.25) is 0 Å². The number of halogens is 1. The van der Waals surface area contributed by atoms with Crippen LogP contribution in [-0.4, -0.2) is 22.1 Å². The van der Waals surface area contributed by atoms with E-state index >= 15 is 0 Å². The van der Waals surface area contributed by atoms with E-state index in [1.54, 1.807) is 37.5 Å². The maximum atomic E-state index is 12.8. The largest absolute Gasteiger partial charge is 0.497 e. The second-order valence-electron chi connectivity index (χ2n) is 4.48. The number of anilines is 1. The SMILES string of the molecule is C=CCN(c1ccc(I)cc1)S(=O)(=O)c1ccc(OC)cc1. The smallest absolute Gasteiger partial charge is 0.264 e. The first kappa shape index (κ1) is 16.8. The summed E-state index contributed by atoms with van der Waals surface area (Å²) in [6.45, 7) is 3.85. The van der Waals surface area contributed by atoms with Crippen LogP contribution >= 0.6 is 22.6 Å². The van der Waals surface area contributed by atoms with Crippen molar-refractivity contribution in [1.82, 2.24) is 0 Å². The predicted octanol–water partition coefficient (Wildman–Crippen LogP) is 3.68. The predicted molar refractivity (Wildman–Crippen MR) is 96.9 cm³/mol. The molecule has 0 fully saturated rings. The van der Waals surface area contributed by atoms with Crippen molar-refractivity contribution in [2.75, 3.05) is 18.0 Å². The molecule has 0 saturated heterocycles. The Kier molecular flexibility index (Phi) is 5.47. The van der Waals surface area contributed by atoms with E-state index < -0.39 is 10.0 Å². The second kappa shape index (κ2) is 7.15. The molecule has 2 rings (SSSR count). The quantitative estimate of drug-likeness (QED) is 0.520. The Bertz CT molecular complexity index is 740. The van der Waals surface area contributed by atoms with E-state index in [4.69, 9.17) is 4.74 Å². The minimum Gasteiger partial charge on any atom is -0.497 e. The lowest BCUT2D eigenvalue weighted by Gasteiger charge is -2.23. The standard InChI is InChI=1S/C16H16INO3S/c1-3-12-18(14-6-4-13(17)5-7-14)22(19,20)16-10-8-15(21-2)9-11-16/h3-11H,1,12H2,2H3. The summed E-state index contributed by atoms with van der Waals surface area (Å²) in [4.78, 5) is 0.216. The number of hydrogen-bond acceptors (Lipinski definition) is 3. The van der Waals surface area contributed by atoms with E-state index in [1.807, 2.05) is 12.1 Å². The van der Waals surface area contributed by atoms with Crippen LogP contribution in [0.3, 0.4) is 0 Å². The summed E-state index contributed by atoms with van der Waals surface area (Å²) in [5.41, 5.74) is 0.608. The van der Waals surface area contributed by atoms with Gasteiger partial charge in [0.05, 0.1) is 24.2 Å². The zero-order chi connectivity index (χ0) is 16.2. The lowest BCUT2D eigenvalue weighted by molar-refractivity contribution is 0.414. The molecule has 116 valence electrons. The number of ether oxygens (including phenoxy) is 1. The molecule has 0 atom stereocenters. The van der Waals surface area contributed by atoms with Crippen LogP contribution in [-0.2, 0) is 10.0 Å². The van der Waals surface area contributed by atoms with Gasteiger partial charge in [0.15, 0.2) is 0 Å². The van der Waals surface area contributed by atoms with Crippen LogP contribution in [0.25, 0.3) is 0 Å². The molecular formula is C16H16INO3S. The van der Waals surface area contributed by atoms with Gasteiger partial charge in [-0.1, -0.05) is 6.08 Å². The summed E-state index contributed by atoms with van der Waals surface area (Å²) in [7, 11) is -2.11. The highest BCUT2D eigenvalue weighted by molar-refractivity contribution is 14.1. The molecular weight excluding hydrogens is 413 g/mol. The van der Waals surface area contributed by atoms with E-state index in [9.17, 15) is 8.42 Å². The Balaban J connectivity index is 2.44. The van der Waals surface area contributed by atoms with Gasteiger partial charge in [0.25, 0.3) is 10.0 Å². The molecule has 2 aromatic carbocycles. The number of nitrogens with zero attached hydrogens (tertiary/aromatic N) is 1. The van der Waals surface area contributed by atoms with E-state index in [2.05, 4.69) is 29.2 Å². The minimum atomic E-state index is -3.65. The van der Waals surface area contributed by atoms with Crippen molar-refractivity contribution in [3.05, 3.63) is 64.8 Å². The third kappa shape index (κ3) is 3.61. The molecule has 2 aromatic rings. The van der Waals surface area contributed by atoms with Gasteiger partial charge >= 0.3 is 0 Å². The van der Waals surface area contributed by atoms with E-state index in [1.165, 1.54) is 16.4 Å². The fourth-order valence-electron chi connectivity index (χ4n) is 1.94. The molecule has 0 bridgehead atoms. The monoisotopic (exact) mass is 429 g/mol. The molecule has 0 aliphatic carbocycles. The number of rotatable bonds is 6. The highest BCUT2D eigenvalue weighted by Crippen LogP contribution is 2.25. The average molecular weight is 429 g/mol. The van der Waals surface area contributed by atoms with Crippen molar-refractivity contribution in [3.8, 4) is 5.75 Å². The van der Waals surface area contributed by atoms with Crippen molar-refractivity contribution in [2.45, 2.75) is 4.90 Å². The zero-order valence-electron chi connectivity index (χ0n) is 12.1.